The molecule has 0 spiro atoms. The van der Waals surface area contributed by atoms with Gasteiger partial charge < -0.3 is 15.1 Å². The van der Waals surface area contributed by atoms with Crippen LogP contribution in [-0.4, -0.2) is 53.3 Å². The average molecular weight is 333 g/mol. The average Bonchev–Trinajstić information content (AvgIpc) is 3.21. The van der Waals surface area contributed by atoms with E-state index in [0.717, 1.165) is 63.7 Å². The molecule has 0 aromatic heterocycles. The maximum Gasteiger partial charge on any atom is 0.242 e. The number of carbonyl (C=O) groups is 2. The Bertz CT molecular complexity index is 485. The number of unbranched alkanes of at least 4 members (excludes halogenated alkanes) is 1. The zero-order chi connectivity index (χ0) is 17.5. The van der Waals surface area contributed by atoms with Gasteiger partial charge in [0.15, 0.2) is 0 Å². The van der Waals surface area contributed by atoms with Gasteiger partial charge in [-0.15, -0.1) is 6.58 Å². The molecule has 0 radical (unpaired) electrons. The largest absolute Gasteiger partial charge is 0.363 e. The highest BCUT2D eigenvalue weighted by atomic mass is 16.2. The molecule has 0 aromatic carbocycles. The van der Waals surface area contributed by atoms with Crippen molar-refractivity contribution in [2.24, 2.45) is 0 Å². The van der Waals surface area contributed by atoms with Crippen LogP contribution in [0.25, 0.3) is 0 Å². The fourth-order valence-electron chi connectivity index (χ4n) is 3.20. The molecular weight excluding hydrogens is 302 g/mol. The van der Waals surface area contributed by atoms with Crippen molar-refractivity contribution >= 4 is 11.8 Å². The number of hydrogen-bond acceptors (Lipinski definition) is 3. The van der Waals surface area contributed by atoms with Crippen molar-refractivity contribution < 1.29 is 9.59 Å². The Morgan fingerprint density at radius 2 is 2.04 bits per heavy atom. The molecule has 1 heterocycles. The molecule has 24 heavy (non-hydrogen) atoms. The highest BCUT2D eigenvalue weighted by molar-refractivity contribution is 5.82. The van der Waals surface area contributed by atoms with Gasteiger partial charge >= 0.3 is 0 Å². The first-order chi connectivity index (χ1) is 11.5. The van der Waals surface area contributed by atoms with Crippen LogP contribution in [0.3, 0.4) is 0 Å². The Kier molecular flexibility index (Phi) is 6.88. The van der Waals surface area contributed by atoms with Crippen LogP contribution in [0.4, 0.5) is 0 Å². The fourth-order valence-corrected chi connectivity index (χ4v) is 3.20. The second-order valence-corrected chi connectivity index (χ2v) is 6.89. The second-order valence-electron chi connectivity index (χ2n) is 6.89. The van der Waals surface area contributed by atoms with Crippen molar-refractivity contribution in [2.45, 2.75) is 64.0 Å². The lowest BCUT2D eigenvalue weighted by molar-refractivity contribution is -0.129. The SMILES string of the molecule is C=CCCCN(CCC(=C)N1CCCC1C(=O)NC1CC1)C(C)=O. The van der Waals surface area contributed by atoms with Crippen molar-refractivity contribution in [2.75, 3.05) is 19.6 Å². The molecule has 1 unspecified atom stereocenters. The molecule has 5 heteroatoms. The molecule has 2 aliphatic rings. The summed E-state index contributed by atoms with van der Waals surface area (Å²) >= 11 is 0. The van der Waals surface area contributed by atoms with E-state index in [9.17, 15) is 9.59 Å². The van der Waals surface area contributed by atoms with Gasteiger partial charge in [-0.3, -0.25) is 9.59 Å². The number of allylic oxidation sites excluding steroid dienone is 1. The van der Waals surface area contributed by atoms with Gasteiger partial charge in [0.05, 0.1) is 0 Å². The Morgan fingerprint density at radius 1 is 1.29 bits per heavy atom. The van der Waals surface area contributed by atoms with E-state index in [1.165, 1.54) is 0 Å². The Balaban J connectivity index is 1.81. The van der Waals surface area contributed by atoms with Crippen LogP contribution >= 0.6 is 0 Å². The minimum atomic E-state index is -0.0790. The van der Waals surface area contributed by atoms with Crippen molar-refractivity contribution in [3.05, 3.63) is 24.9 Å². The first-order valence-corrected chi connectivity index (χ1v) is 9.14. The van der Waals surface area contributed by atoms with Crippen LogP contribution in [0.1, 0.15) is 51.9 Å². The van der Waals surface area contributed by atoms with Gasteiger partial charge in [-0.1, -0.05) is 12.7 Å². The van der Waals surface area contributed by atoms with Crippen LogP contribution in [0.5, 0.6) is 0 Å². The minimum absolute atomic E-state index is 0.0790. The van der Waals surface area contributed by atoms with E-state index < -0.39 is 0 Å². The van der Waals surface area contributed by atoms with Crippen molar-refractivity contribution in [3.63, 3.8) is 0 Å². The number of nitrogens with zero attached hydrogens (tertiary/aromatic N) is 2. The predicted molar refractivity (Wildman–Crippen MR) is 96.3 cm³/mol. The molecule has 0 aromatic rings. The third-order valence-electron chi connectivity index (χ3n) is 4.84. The lowest BCUT2D eigenvalue weighted by Gasteiger charge is -2.29. The molecule has 1 aliphatic carbocycles. The number of likely N-dealkylation sites (tertiary alicyclic amines) is 1. The molecule has 5 nitrogen and oxygen atoms in total. The Hall–Kier alpha value is -1.78. The summed E-state index contributed by atoms with van der Waals surface area (Å²) < 4.78 is 0. The standard InChI is InChI=1S/C19H31N3O2/c1-4-5-6-12-21(16(3)23)14-11-15(2)22-13-7-8-18(22)19(24)20-17-9-10-17/h4,17-18H,1-2,5-14H2,3H3,(H,20,24). The first-order valence-electron chi connectivity index (χ1n) is 9.14. The third-order valence-corrected chi connectivity index (χ3v) is 4.84. The van der Waals surface area contributed by atoms with Gasteiger partial charge in [0, 0.05) is 44.7 Å². The Labute approximate surface area is 145 Å². The summed E-state index contributed by atoms with van der Waals surface area (Å²) in [4.78, 5) is 28.1. The predicted octanol–water partition coefficient (Wildman–Crippen LogP) is 2.45. The molecular formula is C19H31N3O2. The molecule has 2 fully saturated rings. The molecule has 1 N–H and O–H groups in total. The summed E-state index contributed by atoms with van der Waals surface area (Å²) in [6.45, 7) is 11.8. The van der Waals surface area contributed by atoms with Crippen LogP contribution in [0, 0.1) is 0 Å². The maximum absolute atomic E-state index is 12.4. The lowest BCUT2D eigenvalue weighted by atomic mass is 10.2. The zero-order valence-corrected chi connectivity index (χ0v) is 14.9. The number of carbonyl (C=O) groups excluding carboxylic acids is 2. The van der Waals surface area contributed by atoms with Crippen LogP contribution in [0.15, 0.2) is 24.9 Å². The number of hydrogen-bond donors (Lipinski definition) is 1. The summed E-state index contributed by atoms with van der Waals surface area (Å²) in [5.41, 5.74) is 0.971. The maximum atomic E-state index is 12.4. The molecule has 2 amide bonds. The van der Waals surface area contributed by atoms with Crippen LogP contribution < -0.4 is 5.32 Å². The van der Waals surface area contributed by atoms with Gasteiger partial charge in [0.1, 0.15) is 6.04 Å². The van der Waals surface area contributed by atoms with Gasteiger partial charge in [-0.2, -0.15) is 0 Å². The van der Waals surface area contributed by atoms with E-state index >= 15 is 0 Å². The van der Waals surface area contributed by atoms with Crippen LogP contribution in [0.2, 0.25) is 0 Å². The lowest BCUT2D eigenvalue weighted by Crippen LogP contribution is -2.44. The van der Waals surface area contributed by atoms with Gasteiger partial charge in [0.2, 0.25) is 11.8 Å². The minimum Gasteiger partial charge on any atom is -0.363 e. The van der Waals surface area contributed by atoms with Gasteiger partial charge in [-0.25, -0.2) is 0 Å². The van der Waals surface area contributed by atoms with Gasteiger partial charge in [-0.05, 0) is 38.5 Å². The smallest absolute Gasteiger partial charge is 0.242 e. The normalized spacial score (nSPS) is 19.9. The van der Waals surface area contributed by atoms with E-state index in [2.05, 4.69) is 23.4 Å². The van der Waals surface area contributed by atoms with E-state index in [-0.39, 0.29) is 17.9 Å². The fraction of sp³-hybridized carbons (Fsp3) is 0.684. The number of amides is 2. The van der Waals surface area contributed by atoms with Crippen LogP contribution in [-0.2, 0) is 9.59 Å². The highest BCUT2D eigenvalue weighted by Crippen LogP contribution is 2.25. The Morgan fingerprint density at radius 3 is 2.67 bits per heavy atom. The van der Waals surface area contributed by atoms with Crippen molar-refractivity contribution in [3.8, 4) is 0 Å². The van der Waals surface area contributed by atoms with E-state index in [4.69, 9.17) is 0 Å². The molecule has 1 saturated heterocycles. The van der Waals surface area contributed by atoms with E-state index in [1.54, 1.807) is 6.92 Å². The molecule has 134 valence electrons. The third kappa shape index (κ3) is 5.39. The van der Waals surface area contributed by atoms with Gasteiger partial charge in [0.25, 0.3) is 0 Å². The summed E-state index contributed by atoms with van der Waals surface area (Å²) in [5.74, 6) is 0.238. The van der Waals surface area contributed by atoms with E-state index in [1.807, 2.05) is 11.0 Å². The highest BCUT2D eigenvalue weighted by Gasteiger charge is 2.34. The molecule has 1 aliphatic heterocycles. The summed E-state index contributed by atoms with van der Waals surface area (Å²) in [5, 5.41) is 3.10. The zero-order valence-electron chi connectivity index (χ0n) is 14.9. The monoisotopic (exact) mass is 333 g/mol. The second kappa shape index (κ2) is 8.90. The summed E-state index contributed by atoms with van der Waals surface area (Å²) in [6, 6.07) is 0.316. The quantitative estimate of drug-likeness (QED) is 0.493. The first kappa shape index (κ1) is 18.6. The van der Waals surface area contributed by atoms with E-state index in [0.29, 0.717) is 12.6 Å². The molecule has 1 saturated carbocycles. The molecule has 1 atom stereocenters. The van der Waals surface area contributed by atoms with Crippen molar-refractivity contribution in [1.29, 1.82) is 0 Å². The number of rotatable bonds is 10. The summed E-state index contributed by atoms with van der Waals surface area (Å²) in [7, 11) is 0. The topological polar surface area (TPSA) is 52.6 Å². The number of nitrogens with one attached hydrogen (secondary N) is 1. The molecule has 2 rings (SSSR count). The molecule has 0 bridgehead atoms. The summed E-state index contributed by atoms with van der Waals surface area (Å²) in [6.07, 6.45) is 8.59. The van der Waals surface area contributed by atoms with Crippen molar-refractivity contribution in [1.82, 2.24) is 15.1 Å².